The first-order valence-electron chi connectivity index (χ1n) is 6.98. The van der Waals surface area contributed by atoms with Gasteiger partial charge in [0, 0.05) is 31.4 Å². The highest BCUT2D eigenvalue weighted by molar-refractivity contribution is 5.06. The summed E-state index contributed by atoms with van der Waals surface area (Å²) in [5.41, 5.74) is 0.995. The fraction of sp³-hybridized carbons (Fsp3) is 0.429. The van der Waals surface area contributed by atoms with E-state index >= 15 is 0 Å². The van der Waals surface area contributed by atoms with E-state index < -0.39 is 11.0 Å². The largest absolute Gasteiger partial charge is 0.434 e. The van der Waals surface area contributed by atoms with E-state index in [9.17, 15) is 15.2 Å². The topological polar surface area (TPSA) is 97.3 Å². The van der Waals surface area contributed by atoms with E-state index in [1.165, 1.54) is 17.0 Å². The molecule has 1 atom stereocenters. The van der Waals surface area contributed by atoms with Crippen molar-refractivity contribution in [1.82, 2.24) is 19.4 Å². The zero-order valence-electron chi connectivity index (χ0n) is 12.4. The van der Waals surface area contributed by atoms with Crippen molar-refractivity contribution in [1.29, 1.82) is 0 Å². The van der Waals surface area contributed by atoms with Crippen molar-refractivity contribution in [2.75, 3.05) is 20.1 Å². The summed E-state index contributed by atoms with van der Waals surface area (Å²) in [5, 5.41) is 20.8. The van der Waals surface area contributed by atoms with Crippen LogP contribution in [0.5, 0.6) is 0 Å². The summed E-state index contributed by atoms with van der Waals surface area (Å²) in [4.78, 5) is 20.1. The molecule has 2 aromatic rings. The van der Waals surface area contributed by atoms with Gasteiger partial charge in [0.2, 0.25) is 0 Å². The number of nitro groups is 1. The molecule has 0 saturated heterocycles. The molecule has 2 heterocycles. The van der Waals surface area contributed by atoms with Gasteiger partial charge in [-0.15, -0.1) is 0 Å². The van der Waals surface area contributed by atoms with Crippen LogP contribution < -0.4 is 0 Å². The number of pyridine rings is 1. The second kappa shape index (κ2) is 7.62. The number of aliphatic hydroxyl groups is 1. The molecule has 0 spiro atoms. The molecule has 0 radical (unpaired) electrons. The Morgan fingerprint density at radius 2 is 2.23 bits per heavy atom. The fourth-order valence-electron chi connectivity index (χ4n) is 2.20. The van der Waals surface area contributed by atoms with Gasteiger partial charge in [-0.05, 0) is 24.1 Å². The molecule has 0 saturated carbocycles. The van der Waals surface area contributed by atoms with Crippen LogP contribution >= 0.6 is 0 Å². The zero-order valence-corrected chi connectivity index (χ0v) is 12.4. The molecule has 0 fully saturated rings. The average Bonchev–Trinajstić information content (AvgIpc) is 2.94. The van der Waals surface area contributed by atoms with E-state index in [0.29, 0.717) is 6.54 Å². The lowest BCUT2D eigenvalue weighted by molar-refractivity contribution is -0.397. The van der Waals surface area contributed by atoms with Crippen molar-refractivity contribution in [2.24, 2.45) is 0 Å². The molecule has 8 nitrogen and oxygen atoms in total. The zero-order chi connectivity index (χ0) is 15.9. The number of imidazole rings is 1. The maximum atomic E-state index is 10.8. The summed E-state index contributed by atoms with van der Waals surface area (Å²) in [5.74, 6) is -0.254. The molecule has 0 aliphatic heterocycles. The molecular weight excluding hydrogens is 286 g/mol. The number of nitrogens with zero attached hydrogens (tertiary/aromatic N) is 5. The lowest BCUT2D eigenvalue weighted by atomic mass is 10.2. The van der Waals surface area contributed by atoms with E-state index in [4.69, 9.17) is 0 Å². The highest BCUT2D eigenvalue weighted by Gasteiger charge is 2.18. The first kappa shape index (κ1) is 16.1. The molecule has 22 heavy (non-hydrogen) atoms. The maximum absolute atomic E-state index is 10.8. The monoisotopic (exact) mass is 305 g/mol. The van der Waals surface area contributed by atoms with Gasteiger partial charge in [0.1, 0.15) is 12.4 Å². The number of hydrogen-bond acceptors (Lipinski definition) is 6. The molecule has 2 aromatic heterocycles. The lowest BCUT2D eigenvalue weighted by Crippen LogP contribution is -2.33. The number of likely N-dealkylation sites (N-methyl/N-ethyl adjacent to an activating group) is 1. The third-order valence-electron chi connectivity index (χ3n) is 3.26. The highest BCUT2D eigenvalue weighted by atomic mass is 16.6. The van der Waals surface area contributed by atoms with Crippen LogP contribution in [0.15, 0.2) is 36.8 Å². The number of rotatable bonds is 8. The molecule has 2 rings (SSSR count). The first-order valence-corrected chi connectivity index (χ1v) is 6.98. The Hall–Kier alpha value is -2.32. The summed E-state index contributed by atoms with van der Waals surface area (Å²) >= 11 is 0. The Bertz CT molecular complexity index is 602. The summed E-state index contributed by atoms with van der Waals surface area (Å²) in [6.45, 7) is 1.31. The number of hydrogen-bond donors (Lipinski definition) is 1. The molecular formula is C14H19N5O3. The van der Waals surface area contributed by atoms with Crippen LogP contribution in [0, 0.1) is 10.1 Å². The Kier molecular flexibility index (Phi) is 5.56. The van der Waals surface area contributed by atoms with Gasteiger partial charge in [0.15, 0.2) is 0 Å². The van der Waals surface area contributed by atoms with Crippen LogP contribution in [-0.2, 0) is 13.0 Å². The van der Waals surface area contributed by atoms with E-state index in [0.717, 1.165) is 18.7 Å². The molecule has 0 aliphatic carbocycles. The van der Waals surface area contributed by atoms with Gasteiger partial charge >= 0.3 is 5.95 Å². The van der Waals surface area contributed by atoms with E-state index in [1.54, 1.807) is 6.20 Å². The minimum atomic E-state index is -0.707. The van der Waals surface area contributed by atoms with Crippen LogP contribution in [0.2, 0.25) is 0 Å². The summed E-state index contributed by atoms with van der Waals surface area (Å²) in [7, 11) is 1.90. The van der Waals surface area contributed by atoms with E-state index in [-0.39, 0.29) is 12.5 Å². The Labute approximate surface area is 128 Å². The van der Waals surface area contributed by atoms with Gasteiger partial charge in [-0.2, -0.15) is 0 Å². The van der Waals surface area contributed by atoms with Crippen molar-refractivity contribution in [3.63, 3.8) is 0 Å². The number of aromatic nitrogens is 3. The van der Waals surface area contributed by atoms with Crippen molar-refractivity contribution in [3.8, 4) is 0 Å². The van der Waals surface area contributed by atoms with Gasteiger partial charge < -0.3 is 20.1 Å². The summed E-state index contributed by atoms with van der Waals surface area (Å²) in [6.07, 6.45) is 4.68. The van der Waals surface area contributed by atoms with Gasteiger partial charge in [-0.3, -0.25) is 4.98 Å². The molecule has 8 heteroatoms. The predicted octanol–water partition coefficient (Wildman–Crippen LogP) is 0.722. The summed E-state index contributed by atoms with van der Waals surface area (Å²) < 4.78 is 1.34. The first-order chi connectivity index (χ1) is 10.6. The average molecular weight is 305 g/mol. The van der Waals surface area contributed by atoms with Gasteiger partial charge in [-0.1, -0.05) is 11.1 Å². The van der Waals surface area contributed by atoms with Crippen molar-refractivity contribution < 1.29 is 10.0 Å². The molecule has 0 aliphatic rings. The minimum Gasteiger partial charge on any atom is -0.390 e. The van der Waals surface area contributed by atoms with Gasteiger partial charge in [0.05, 0.1) is 12.6 Å². The standard InChI is InChI=1S/C14H19N5O3/c1-17(8-5-12-4-2-3-6-15-12)10-13(20)11-18-9-7-16-14(18)19(21)22/h2-4,6-7,9,13,20H,5,8,10-11H2,1H3. The predicted molar refractivity (Wildman–Crippen MR) is 80.3 cm³/mol. The molecule has 118 valence electrons. The van der Waals surface area contributed by atoms with Gasteiger partial charge in [0.25, 0.3) is 0 Å². The Morgan fingerprint density at radius 1 is 1.41 bits per heavy atom. The van der Waals surface area contributed by atoms with Crippen molar-refractivity contribution in [2.45, 2.75) is 19.1 Å². The normalized spacial score (nSPS) is 12.5. The molecule has 1 N–H and O–H groups in total. The molecule has 0 bridgehead atoms. The second-order valence-electron chi connectivity index (χ2n) is 5.12. The lowest BCUT2D eigenvalue weighted by Gasteiger charge is -2.19. The van der Waals surface area contributed by atoms with Gasteiger partial charge in [-0.25, -0.2) is 4.57 Å². The third-order valence-corrected chi connectivity index (χ3v) is 3.26. The Balaban J connectivity index is 1.80. The second-order valence-corrected chi connectivity index (χ2v) is 5.12. The third kappa shape index (κ3) is 4.61. The SMILES string of the molecule is CN(CCc1ccccn1)CC(O)Cn1ccnc1[N+](=O)[O-]. The highest BCUT2D eigenvalue weighted by Crippen LogP contribution is 2.08. The van der Waals surface area contributed by atoms with Crippen molar-refractivity contribution >= 4 is 5.95 Å². The quantitative estimate of drug-likeness (QED) is 0.570. The Morgan fingerprint density at radius 3 is 2.91 bits per heavy atom. The van der Waals surface area contributed by atoms with Crippen LogP contribution in [0.1, 0.15) is 5.69 Å². The van der Waals surface area contributed by atoms with Crippen LogP contribution in [0.3, 0.4) is 0 Å². The molecule has 0 aromatic carbocycles. The van der Waals surface area contributed by atoms with E-state index in [1.807, 2.05) is 30.1 Å². The smallest absolute Gasteiger partial charge is 0.390 e. The number of aliphatic hydroxyl groups excluding tert-OH is 1. The van der Waals surface area contributed by atoms with E-state index in [2.05, 4.69) is 9.97 Å². The molecule has 0 amide bonds. The minimum absolute atomic E-state index is 0.143. The van der Waals surface area contributed by atoms with Crippen LogP contribution in [-0.4, -0.2) is 55.7 Å². The maximum Gasteiger partial charge on any atom is 0.434 e. The fourth-order valence-corrected chi connectivity index (χ4v) is 2.20. The van der Waals surface area contributed by atoms with Crippen LogP contribution in [0.25, 0.3) is 0 Å². The van der Waals surface area contributed by atoms with Crippen molar-refractivity contribution in [3.05, 3.63) is 52.6 Å². The molecule has 1 unspecified atom stereocenters. The van der Waals surface area contributed by atoms with Crippen LogP contribution in [0.4, 0.5) is 5.95 Å². The summed E-state index contributed by atoms with van der Waals surface area (Å²) in [6, 6.07) is 5.77.